The van der Waals surface area contributed by atoms with Gasteiger partial charge in [0.2, 0.25) is 18.1 Å². The molecule has 4 heterocycles. The molecule has 3 saturated heterocycles. The number of hydrogen-bond donors (Lipinski definition) is 11. The van der Waals surface area contributed by atoms with Gasteiger partial charge in [-0.3, -0.25) is 9.59 Å². The Morgan fingerprint density at radius 3 is 1.69 bits per heavy atom. The number of amides is 2. The molecule has 4 rings (SSSR count). The summed E-state index contributed by atoms with van der Waals surface area (Å²) in [7, 11) is 0. The number of rotatable bonds is 12. The fourth-order valence-electron chi connectivity index (χ4n) is 6.00. The third-order valence-electron chi connectivity index (χ3n) is 8.51. The first kappa shape index (κ1) is 49.0. The van der Waals surface area contributed by atoms with E-state index in [1.807, 2.05) is 0 Å². The van der Waals surface area contributed by atoms with Gasteiger partial charge in [-0.05, 0) is 6.08 Å². The second-order valence-corrected chi connectivity index (χ2v) is 12.2. The van der Waals surface area contributed by atoms with Gasteiger partial charge in [-0.1, -0.05) is 0 Å². The molecule has 4 aliphatic rings. The van der Waals surface area contributed by atoms with Crippen LogP contribution in [0.4, 0.5) is 0 Å². The largest absolute Gasteiger partial charge is 1.00 e. The zero-order chi connectivity index (χ0) is 38.8. The van der Waals surface area contributed by atoms with Gasteiger partial charge in [-0.2, -0.15) is 0 Å². The number of ether oxygens (including phenoxy) is 7. The Morgan fingerprint density at radius 1 is 0.667 bits per heavy atom. The fourth-order valence-corrected chi connectivity index (χ4v) is 6.00. The van der Waals surface area contributed by atoms with Crippen molar-refractivity contribution in [1.82, 2.24) is 10.6 Å². The SMILES string of the molecule is CC(=O)NC1C(O)O[C@H](CO)[C@@H](O)C1O[C@H]1O[C@H](C(=O)[O-])[C@@H](O[C@@H]2OC(CO)[C@H](O)[C@H](O[C@@H]3OC(C(=O)[O-])=C[C@H](O)C3O)C2NC(C)=O)C(O)C1O.[Na+].[Na+]. The molecule has 0 radical (unpaired) electrons. The van der Waals surface area contributed by atoms with Crippen molar-refractivity contribution in [3.05, 3.63) is 11.8 Å². The Morgan fingerprint density at radius 2 is 1.17 bits per heavy atom. The van der Waals surface area contributed by atoms with Gasteiger partial charge in [0.05, 0.1) is 19.2 Å². The molecule has 0 aromatic carbocycles. The van der Waals surface area contributed by atoms with E-state index in [4.69, 9.17) is 33.2 Å². The second kappa shape index (κ2) is 21.0. The molecule has 54 heavy (non-hydrogen) atoms. The van der Waals surface area contributed by atoms with Gasteiger partial charge in [-0.15, -0.1) is 0 Å². The summed E-state index contributed by atoms with van der Waals surface area (Å²) < 4.78 is 37.8. The average molecular weight is 803 g/mol. The van der Waals surface area contributed by atoms with Crippen molar-refractivity contribution in [2.75, 3.05) is 13.2 Å². The van der Waals surface area contributed by atoms with Crippen LogP contribution in [0.1, 0.15) is 13.8 Å². The normalized spacial score (nSPS) is 42.2. The molecule has 0 bridgehead atoms. The van der Waals surface area contributed by atoms with Crippen LogP contribution in [0.5, 0.6) is 0 Å². The van der Waals surface area contributed by atoms with E-state index in [1.165, 1.54) is 0 Å². The van der Waals surface area contributed by atoms with Crippen molar-refractivity contribution in [2.24, 2.45) is 0 Å². The zero-order valence-corrected chi connectivity index (χ0v) is 33.2. The van der Waals surface area contributed by atoms with Gasteiger partial charge < -0.3 is 110 Å². The second-order valence-electron chi connectivity index (χ2n) is 12.2. The van der Waals surface area contributed by atoms with Crippen molar-refractivity contribution in [3.8, 4) is 0 Å². The Kier molecular flexibility index (Phi) is 19.0. The molecule has 18 atom stereocenters. The quantitative estimate of drug-likeness (QED) is 0.0816. The molecule has 0 spiro atoms. The maximum Gasteiger partial charge on any atom is 1.00 e. The van der Waals surface area contributed by atoms with Crippen LogP contribution in [0.2, 0.25) is 0 Å². The summed E-state index contributed by atoms with van der Waals surface area (Å²) in [6.07, 6.45) is -31.3. The van der Waals surface area contributed by atoms with Gasteiger partial charge in [0.25, 0.3) is 0 Å². The third kappa shape index (κ3) is 11.1. The molecule has 0 aromatic rings. The Bertz CT molecular complexity index is 1330. The van der Waals surface area contributed by atoms with Crippen LogP contribution in [-0.2, 0) is 52.3 Å². The molecular weight excluding hydrogens is 762 g/mol. The van der Waals surface area contributed by atoms with Gasteiger partial charge >= 0.3 is 59.1 Å². The first-order chi connectivity index (χ1) is 24.4. The minimum atomic E-state index is -2.40. The zero-order valence-electron chi connectivity index (χ0n) is 29.2. The molecule has 26 heteroatoms. The molecule has 296 valence electrons. The summed E-state index contributed by atoms with van der Waals surface area (Å²) in [4.78, 5) is 47.8. The maximum absolute atomic E-state index is 12.3. The average Bonchev–Trinajstić information content (AvgIpc) is 3.07. The third-order valence-corrected chi connectivity index (χ3v) is 8.51. The van der Waals surface area contributed by atoms with Crippen LogP contribution in [0.3, 0.4) is 0 Å². The number of aliphatic carboxylic acids is 2. The van der Waals surface area contributed by atoms with Crippen LogP contribution >= 0.6 is 0 Å². The van der Waals surface area contributed by atoms with E-state index in [-0.39, 0.29) is 59.1 Å². The number of aliphatic hydroxyl groups is 9. The molecular formula is C28H40N2Na2O22. The predicted octanol–water partition coefficient (Wildman–Crippen LogP) is -16.8. The summed E-state index contributed by atoms with van der Waals surface area (Å²) in [5.74, 6) is -6.63. The molecule has 0 aliphatic carbocycles. The van der Waals surface area contributed by atoms with Gasteiger partial charge in [0.1, 0.15) is 97.1 Å². The van der Waals surface area contributed by atoms with E-state index in [0.717, 1.165) is 13.8 Å². The summed E-state index contributed by atoms with van der Waals surface area (Å²) in [6.45, 7) is 0.122. The van der Waals surface area contributed by atoms with E-state index in [0.29, 0.717) is 6.08 Å². The molecule has 2 amide bonds. The molecule has 4 aliphatic heterocycles. The Hall–Kier alpha value is -1.18. The van der Waals surface area contributed by atoms with Crippen LogP contribution in [0.25, 0.3) is 0 Å². The molecule has 8 unspecified atom stereocenters. The molecule has 3 fully saturated rings. The smallest absolute Gasteiger partial charge is 0.547 e. The predicted molar refractivity (Wildman–Crippen MR) is 151 cm³/mol. The van der Waals surface area contributed by atoms with Crippen LogP contribution in [0, 0.1) is 0 Å². The van der Waals surface area contributed by atoms with Crippen LogP contribution in [0.15, 0.2) is 11.8 Å². The van der Waals surface area contributed by atoms with Gasteiger partial charge in [0, 0.05) is 13.8 Å². The first-order valence-electron chi connectivity index (χ1n) is 15.7. The van der Waals surface area contributed by atoms with Crippen LogP contribution in [-0.4, -0.2) is 193 Å². The number of nitrogens with one attached hydrogen (secondary N) is 2. The van der Waals surface area contributed by atoms with Crippen molar-refractivity contribution in [1.29, 1.82) is 0 Å². The number of carboxylic acids is 2. The number of carbonyl (C=O) groups is 4. The summed E-state index contributed by atoms with van der Waals surface area (Å²) in [5.41, 5.74) is 0. The van der Waals surface area contributed by atoms with E-state index >= 15 is 0 Å². The molecule has 0 aromatic heterocycles. The topological polar surface area (TPSA) is 385 Å². The Labute approximate surface area is 349 Å². The monoisotopic (exact) mass is 802 g/mol. The minimum absolute atomic E-state index is 0. The molecule has 24 nitrogen and oxygen atoms in total. The minimum Gasteiger partial charge on any atom is -0.547 e. The van der Waals surface area contributed by atoms with E-state index in [1.54, 1.807) is 0 Å². The number of carbonyl (C=O) groups excluding carboxylic acids is 4. The van der Waals surface area contributed by atoms with Gasteiger partial charge in [-0.25, -0.2) is 0 Å². The summed E-state index contributed by atoms with van der Waals surface area (Å²) in [6, 6.07) is -3.37. The maximum atomic E-state index is 12.3. The standard InChI is InChI=1S/C28H42N2O22.2Na/c1-6(33)29-12-19(15(37)10(4-31)46-25(12)45)49-28-18(40)17(39)21(22(52-28)24(43)44)51-26-13(30-7(2)34)20(16(38)11(5-32)48-26)50-27-14(36)8(35)3-9(47-27)23(41)42;;/h3,8,10-22,25-28,31-32,35-40,45H,4-5H2,1-2H3,(H,29,33)(H,30,34)(H,41,42)(H,43,44);;/q;2*+1/p-2/t8-,10+,11?,12?,13?,14?,15+,16-,17?,18?,19?,20+,21-,22-,25?,26-,27-,28-;;/m0../s1. The van der Waals surface area contributed by atoms with Crippen LogP contribution < -0.4 is 80.0 Å². The van der Waals surface area contributed by atoms with Crippen molar-refractivity contribution >= 4 is 23.8 Å². The van der Waals surface area contributed by atoms with Crippen molar-refractivity contribution in [3.63, 3.8) is 0 Å². The molecule has 11 N–H and O–H groups in total. The number of carboxylic acid groups (broad SMARTS) is 2. The summed E-state index contributed by atoms with van der Waals surface area (Å²) >= 11 is 0. The number of aliphatic hydroxyl groups excluding tert-OH is 9. The van der Waals surface area contributed by atoms with Gasteiger partial charge in [0.15, 0.2) is 18.9 Å². The van der Waals surface area contributed by atoms with E-state index in [9.17, 15) is 75.3 Å². The summed E-state index contributed by atoms with van der Waals surface area (Å²) in [5, 5.41) is 123. The van der Waals surface area contributed by atoms with Crippen molar-refractivity contribution in [2.45, 2.75) is 124 Å². The fraction of sp³-hybridized carbons (Fsp3) is 0.786. The van der Waals surface area contributed by atoms with E-state index < -0.39 is 153 Å². The number of hydrogen-bond acceptors (Lipinski definition) is 22. The first-order valence-corrected chi connectivity index (χ1v) is 15.7. The molecule has 0 saturated carbocycles. The Balaban J connectivity index is 0.00000504. The van der Waals surface area contributed by atoms with E-state index in [2.05, 4.69) is 10.6 Å². The van der Waals surface area contributed by atoms with Crippen molar-refractivity contribution < 1.29 is 168 Å².